The van der Waals surface area contributed by atoms with Crippen molar-refractivity contribution in [1.82, 2.24) is 19.1 Å². The smallest absolute Gasteiger partial charge is 0.160 e. The summed E-state index contributed by atoms with van der Waals surface area (Å²) in [4.78, 5) is 10.2. The molecule has 0 N–H and O–H groups in total. The molecule has 14 rings (SSSR count). The Morgan fingerprint density at radius 2 is 0.800 bits per heavy atom. The molecule has 0 aliphatic carbocycles. The molecule has 14 aromatic rings. The van der Waals surface area contributed by atoms with E-state index in [4.69, 9.17) is 9.97 Å². The molecule has 7 nitrogen and oxygen atoms in total. The Bertz CT molecular complexity index is 4430. The van der Waals surface area contributed by atoms with E-state index in [1.807, 2.05) is 78.9 Å². The molecule has 322 valence electrons. The minimum Gasteiger partial charge on any atom is -0.306 e. The van der Waals surface area contributed by atoms with Gasteiger partial charge in [0.05, 0.1) is 65.4 Å². The van der Waals surface area contributed by atoms with Gasteiger partial charge >= 0.3 is 0 Å². The van der Waals surface area contributed by atoms with Crippen molar-refractivity contribution in [2.75, 3.05) is 0 Å². The maximum Gasteiger partial charge on any atom is 0.160 e. The molecule has 0 atom stereocenters. The number of benzene rings is 9. The van der Waals surface area contributed by atoms with Crippen molar-refractivity contribution >= 4 is 107 Å². The van der Waals surface area contributed by atoms with Gasteiger partial charge in [0, 0.05) is 69.2 Å². The Hall–Kier alpha value is -9.43. The van der Waals surface area contributed by atoms with Crippen molar-refractivity contribution in [1.29, 1.82) is 15.8 Å². The lowest BCUT2D eigenvalue weighted by molar-refractivity contribution is 1.15. The van der Waals surface area contributed by atoms with E-state index in [1.54, 1.807) is 22.7 Å². The summed E-state index contributed by atoms with van der Waals surface area (Å²) in [5.74, 6) is 0.416. The van der Waals surface area contributed by atoms with Crippen LogP contribution in [0.1, 0.15) is 16.7 Å². The van der Waals surface area contributed by atoms with Crippen LogP contribution in [0.15, 0.2) is 188 Å². The molecule has 0 saturated heterocycles. The van der Waals surface area contributed by atoms with E-state index in [2.05, 4.69) is 137 Å². The van der Waals surface area contributed by atoms with Crippen LogP contribution in [0.3, 0.4) is 0 Å². The van der Waals surface area contributed by atoms with Crippen molar-refractivity contribution in [3.05, 3.63) is 205 Å². The van der Waals surface area contributed by atoms with Gasteiger partial charge < -0.3 is 9.13 Å². The Morgan fingerprint density at radius 3 is 1.27 bits per heavy atom. The zero-order valence-corrected chi connectivity index (χ0v) is 38.5. The first-order valence-electron chi connectivity index (χ1n) is 22.7. The molecule has 70 heavy (non-hydrogen) atoms. The number of aromatic nitrogens is 4. The van der Waals surface area contributed by atoms with E-state index in [0.717, 1.165) is 69.9 Å². The molecular weight excluding hydrogens is 895 g/mol. The number of nitriles is 3. The molecule has 0 aliphatic rings. The molecule has 5 aromatic heterocycles. The fourth-order valence-corrected chi connectivity index (χ4v) is 13.1. The molecule has 9 aromatic carbocycles. The Morgan fingerprint density at radius 1 is 0.371 bits per heavy atom. The molecule has 0 spiro atoms. The first-order valence-corrected chi connectivity index (χ1v) is 24.4. The van der Waals surface area contributed by atoms with Crippen LogP contribution in [-0.4, -0.2) is 19.1 Å². The molecule has 0 saturated carbocycles. The number of nitrogens with zero attached hydrogens (tertiary/aromatic N) is 7. The Kier molecular flexibility index (Phi) is 8.68. The minimum absolute atomic E-state index is 0.237. The maximum atomic E-state index is 11.2. The molecule has 0 amide bonds. The fourth-order valence-electron chi connectivity index (χ4n) is 10.6. The highest BCUT2D eigenvalue weighted by molar-refractivity contribution is 7.27. The van der Waals surface area contributed by atoms with Gasteiger partial charge in [-0.25, -0.2) is 9.97 Å². The van der Waals surface area contributed by atoms with Gasteiger partial charge in [-0.2, -0.15) is 15.8 Å². The summed E-state index contributed by atoms with van der Waals surface area (Å²) in [7, 11) is 0. The SMILES string of the molecule is N#Cc1cc(-c2nc(-c3ccccc3)nc(-c3ccc(-n4c5ccccc5c5ccc6c7ccccc7sc6c54)c(C#N)c3)c2C#N)ccc1-n1c2ccccc2c2ccc3c4ccccc4sc3c21. The molecule has 0 radical (unpaired) electrons. The number of hydrogen-bond acceptors (Lipinski definition) is 7. The third kappa shape index (κ3) is 5.70. The lowest BCUT2D eigenvalue weighted by Gasteiger charge is -2.16. The number of rotatable bonds is 5. The highest BCUT2D eigenvalue weighted by Gasteiger charge is 2.25. The van der Waals surface area contributed by atoms with Crippen LogP contribution >= 0.6 is 22.7 Å². The van der Waals surface area contributed by atoms with Crippen molar-refractivity contribution in [2.45, 2.75) is 0 Å². The molecule has 0 aliphatic heterocycles. The number of hydrogen-bond donors (Lipinski definition) is 0. The lowest BCUT2D eigenvalue weighted by Crippen LogP contribution is -2.03. The van der Waals surface area contributed by atoms with E-state index in [9.17, 15) is 15.8 Å². The third-order valence-electron chi connectivity index (χ3n) is 13.7. The average molecular weight is 926 g/mol. The van der Waals surface area contributed by atoms with Crippen LogP contribution in [-0.2, 0) is 0 Å². The quantitative estimate of drug-likeness (QED) is 0.171. The van der Waals surface area contributed by atoms with Crippen LogP contribution in [0.5, 0.6) is 0 Å². The molecule has 5 heterocycles. The summed E-state index contributed by atoms with van der Waals surface area (Å²) >= 11 is 3.52. The van der Waals surface area contributed by atoms with Gasteiger partial charge in [-0.15, -0.1) is 22.7 Å². The van der Waals surface area contributed by atoms with Gasteiger partial charge in [0.25, 0.3) is 0 Å². The van der Waals surface area contributed by atoms with Gasteiger partial charge in [-0.1, -0.05) is 140 Å². The van der Waals surface area contributed by atoms with Crippen LogP contribution in [0.2, 0.25) is 0 Å². The summed E-state index contributed by atoms with van der Waals surface area (Å²) in [5, 5.41) is 42.4. The van der Waals surface area contributed by atoms with E-state index < -0.39 is 0 Å². The standard InChI is InChI=1S/C61H31N7S2/c62-32-38-30-36(22-28-49(38)67-51-18-8-4-14-40(51)44-24-26-46-42-16-6-10-20-53(42)69-59(46)57(44)67)55-48(34-64)56(66-61(65-55)35-12-2-1-3-13-35)37-23-29-50(39(31-37)33-63)68-52-19-9-5-15-41(52)45-25-27-47-43-17-7-11-21-54(43)70-60(47)58(45)68/h1-31H. The highest BCUT2D eigenvalue weighted by Crippen LogP contribution is 2.46. The summed E-state index contributed by atoms with van der Waals surface area (Å²) in [6.07, 6.45) is 0. The number of fused-ring (bicyclic) bond motifs is 14. The Balaban J connectivity index is 0.974. The molecule has 0 fully saturated rings. The highest BCUT2D eigenvalue weighted by atomic mass is 32.1. The van der Waals surface area contributed by atoms with Gasteiger partial charge in [0.1, 0.15) is 23.8 Å². The lowest BCUT2D eigenvalue weighted by atomic mass is 9.97. The largest absolute Gasteiger partial charge is 0.306 e. The fraction of sp³-hybridized carbons (Fsp3) is 0. The summed E-state index contributed by atoms with van der Waals surface area (Å²) in [6.45, 7) is 0. The van der Waals surface area contributed by atoms with Gasteiger partial charge in [-0.05, 0) is 48.5 Å². The second-order valence-corrected chi connectivity index (χ2v) is 19.5. The van der Waals surface area contributed by atoms with Crippen LogP contribution in [0.4, 0.5) is 0 Å². The van der Waals surface area contributed by atoms with Crippen LogP contribution < -0.4 is 0 Å². The summed E-state index contributed by atoms with van der Waals surface area (Å²) in [5.41, 5.74) is 9.36. The summed E-state index contributed by atoms with van der Waals surface area (Å²) < 4.78 is 9.13. The van der Waals surface area contributed by atoms with E-state index in [1.165, 1.54) is 30.9 Å². The number of thiophene rings is 2. The van der Waals surface area contributed by atoms with Crippen molar-refractivity contribution in [2.24, 2.45) is 0 Å². The molecule has 0 unspecified atom stereocenters. The predicted octanol–water partition coefficient (Wildman–Crippen LogP) is 16.0. The monoisotopic (exact) mass is 925 g/mol. The van der Waals surface area contributed by atoms with E-state index in [0.29, 0.717) is 39.5 Å². The third-order valence-corrected chi connectivity index (χ3v) is 16.1. The molecule has 9 heteroatoms. The predicted molar refractivity (Wildman–Crippen MR) is 287 cm³/mol. The van der Waals surface area contributed by atoms with E-state index >= 15 is 0 Å². The second kappa shape index (κ2) is 15.3. The molecule has 0 bridgehead atoms. The zero-order chi connectivity index (χ0) is 46.6. The average Bonchev–Trinajstić information content (AvgIpc) is 4.18. The van der Waals surface area contributed by atoms with Crippen LogP contribution in [0.25, 0.3) is 129 Å². The van der Waals surface area contributed by atoms with E-state index in [-0.39, 0.29) is 5.56 Å². The minimum atomic E-state index is 0.237. The van der Waals surface area contributed by atoms with Crippen LogP contribution in [0, 0.1) is 34.0 Å². The van der Waals surface area contributed by atoms with Crippen molar-refractivity contribution in [3.8, 4) is 63.5 Å². The van der Waals surface area contributed by atoms with Gasteiger partial charge in [-0.3, -0.25) is 0 Å². The van der Waals surface area contributed by atoms with Gasteiger partial charge in [0.2, 0.25) is 0 Å². The molecular formula is C61H31N7S2. The first kappa shape index (κ1) is 39.7. The zero-order valence-electron chi connectivity index (χ0n) is 36.8. The van der Waals surface area contributed by atoms with Gasteiger partial charge in [0.15, 0.2) is 5.82 Å². The second-order valence-electron chi connectivity index (χ2n) is 17.4. The van der Waals surface area contributed by atoms with Crippen molar-refractivity contribution < 1.29 is 0 Å². The Labute approximate surface area is 407 Å². The number of para-hydroxylation sites is 2. The first-order chi connectivity index (χ1) is 34.6. The normalized spacial score (nSPS) is 11.7. The topological polar surface area (TPSA) is 107 Å². The maximum absolute atomic E-state index is 11.2. The van der Waals surface area contributed by atoms with Crippen molar-refractivity contribution in [3.63, 3.8) is 0 Å². The summed E-state index contributed by atoms with van der Waals surface area (Å²) in [6, 6.07) is 71.1.